The van der Waals surface area contributed by atoms with Crippen molar-refractivity contribution in [2.45, 2.75) is 6.61 Å². The van der Waals surface area contributed by atoms with Crippen LogP contribution in [0.4, 0.5) is 8.78 Å². The summed E-state index contributed by atoms with van der Waals surface area (Å²) >= 11 is 0. The molecule has 1 aromatic heterocycles. The van der Waals surface area contributed by atoms with Gasteiger partial charge in [-0.05, 0) is 42.5 Å². The van der Waals surface area contributed by atoms with E-state index in [-0.39, 0.29) is 17.7 Å². The van der Waals surface area contributed by atoms with E-state index >= 15 is 0 Å². The van der Waals surface area contributed by atoms with E-state index in [1.54, 1.807) is 30.4 Å². The highest BCUT2D eigenvalue weighted by Gasteiger charge is 2.07. The second-order valence-electron chi connectivity index (χ2n) is 5.67. The number of nitrogens with zero attached hydrogens (tertiary/aromatic N) is 1. The first kappa shape index (κ1) is 18.3. The number of ether oxygens (including phenoxy) is 1. The van der Waals surface area contributed by atoms with Crippen molar-refractivity contribution in [1.82, 2.24) is 4.98 Å². The Balaban J connectivity index is 1.74. The largest absolute Gasteiger partial charge is 0.488 e. The molecule has 3 rings (SSSR count). The third-order valence-electron chi connectivity index (χ3n) is 3.78. The number of rotatable bonds is 6. The molecule has 3 aromatic rings. The van der Waals surface area contributed by atoms with E-state index < -0.39 is 17.6 Å². The molecule has 0 unspecified atom stereocenters. The van der Waals surface area contributed by atoms with Gasteiger partial charge in [0, 0.05) is 23.4 Å². The van der Waals surface area contributed by atoms with Gasteiger partial charge >= 0.3 is 5.97 Å². The number of hydrogen-bond acceptors (Lipinski definition) is 3. The SMILES string of the molecule is O=C(O)c1ccc(/C=C/c2ccccc2OCc2ccc(F)cc2F)nc1. The van der Waals surface area contributed by atoms with Crippen LogP contribution in [0, 0.1) is 11.6 Å². The molecule has 0 amide bonds. The van der Waals surface area contributed by atoms with Gasteiger partial charge in [-0.15, -0.1) is 0 Å². The first-order chi connectivity index (χ1) is 13.0. The molecule has 136 valence electrons. The van der Waals surface area contributed by atoms with Crippen molar-refractivity contribution in [2.75, 3.05) is 0 Å². The highest BCUT2D eigenvalue weighted by Crippen LogP contribution is 2.22. The van der Waals surface area contributed by atoms with E-state index in [0.717, 1.165) is 11.6 Å². The standard InChI is InChI=1S/C21H15F2NO3/c22-17-8-5-16(19(23)11-17)13-27-20-4-2-1-3-14(20)6-9-18-10-7-15(12-24-18)21(25)26/h1-12H,13H2,(H,25,26)/b9-6+. The molecule has 0 bridgehead atoms. The van der Waals surface area contributed by atoms with Gasteiger partial charge in [0.25, 0.3) is 0 Å². The summed E-state index contributed by atoms with van der Waals surface area (Å²) in [6, 6.07) is 13.6. The smallest absolute Gasteiger partial charge is 0.337 e. The fourth-order valence-corrected chi connectivity index (χ4v) is 2.35. The van der Waals surface area contributed by atoms with E-state index in [4.69, 9.17) is 9.84 Å². The Labute approximate surface area is 154 Å². The van der Waals surface area contributed by atoms with Crippen LogP contribution < -0.4 is 4.74 Å². The highest BCUT2D eigenvalue weighted by atomic mass is 19.1. The van der Waals surface area contributed by atoms with Crippen LogP contribution in [-0.4, -0.2) is 16.1 Å². The van der Waals surface area contributed by atoms with Crippen molar-refractivity contribution in [1.29, 1.82) is 0 Å². The van der Waals surface area contributed by atoms with Crippen LogP contribution in [0.15, 0.2) is 60.8 Å². The molecular weight excluding hydrogens is 352 g/mol. The molecular formula is C21H15F2NO3. The molecule has 0 aliphatic carbocycles. The lowest BCUT2D eigenvalue weighted by Crippen LogP contribution is -2.00. The number of aromatic nitrogens is 1. The molecule has 0 atom stereocenters. The topological polar surface area (TPSA) is 59.4 Å². The van der Waals surface area contributed by atoms with E-state index in [1.165, 1.54) is 24.4 Å². The van der Waals surface area contributed by atoms with Crippen molar-refractivity contribution in [2.24, 2.45) is 0 Å². The van der Waals surface area contributed by atoms with E-state index in [1.807, 2.05) is 12.1 Å². The third-order valence-corrected chi connectivity index (χ3v) is 3.78. The fourth-order valence-electron chi connectivity index (χ4n) is 2.35. The minimum Gasteiger partial charge on any atom is -0.488 e. The average Bonchev–Trinajstić information content (AvgIpc) is 2.66. The minimum absolute atomic E-state index is 0.0392. The monoisotopic (exact) mass is 367 g/mol. The van der Waals surface area contributed by atoms with Gasteiger partial charge in [-0.1, -0.05) is 18.2 Å². The van der Waals surface area contributed by atoms with Gasteiger partial charge in [-0.2, -0.15) is 0 Å². The summed E-state index contributed by atoms with van der Waals surface area (Å²) in [5.41, 5.74) is 1.68. The van der Waals surface area contributed by atoms with E-state index in [0.29, 0.717) is 11.4 Å². The van der Waals surface area contributed by atoms with Gasteiger partial charge in [-0.3, -0.25) is 4.98 Å². The number of carbonyl (C=O) groups is 1. The molecule has 1 heterocycles. The predicted octanol–water partition coefficient (Wildman–Crippen LogP) is 4.81. The number of para-hydroxylation sites is 1. The quantitative estimate of drug-likeness (QED) is 0.679. The molecule has 4 nitrogen and oxygen atoms in total. The fraction of sp³-hybridized carbons (Fsp3) is 0.0476. The van der Waals surface area contributed by atoms with Crippen molar-refractivity contribution in [3.63, 3.8) is 0 Å². The number of benzene rings is 2. The molecule has 0 saturated heterocycles. The Morgan fingerprint density at radius 2 is 1.89 bits per heavy atom. The minimum atomic E-state index is -1.04. The molecule has 0 fully saturated rings. The molecule has 0 aliphatic rings. The van der Waals surface area contributed by atoms with Crippen molar-refractivity contribution in [3.8, 4) is 5.75 Å². The second-order valence-corrected chi connectivity index (χ2v) is 5.67. The summed E-state index contributed by atoms with van der Waals surface area (Å²) in [5, 5.41) is 8.89. The maximum absolute atomic E-state index is 13.7. The van der Waals surface area contributed by atoms with Gasteiger partial charge in [0.1, 0.15) is 24.0 Å². The zero-order chi connectivity index (χ0) is 19.2. The zero-order valence-corrected chi connectivity index (χ0v) is 14.1. The van der Waals surface area contributed by atoms with Crippen LogP contribution in [0.2, 0.25) is 0 Å². The number of carboxylic acids is 1. The maximum Gasteiger partial charge on any atom is 0.337 e. The molecule has 0 saturated carbocycles. The summed E-state index contributed by atoms with van der Waals surface area (Å²) < 4.78 is 32.4. The summed E-state index contributed by atoms with van der Waals surface area (Å²) in [7, 11) is 0. The normalized spacial score (nSPS) is 10.9. The Hall–Kier alpha value is -3.54. The van der Waals surface area contributed by atoms with Gasteiger partial charge in [0.15, 0.2) is 0 Å². The molecule has 6 heteroatoms. The van der Waals surface area contributed by atoms with Gasteiger partial charge in [0.05, 0.1) is 11.3 Å². The summed E-state index contributed by atoms with van der Waals surface area (Å²) in [5.74, 6) is -1.81. The van der Waals surface area contributed by atoms with E-state index in [9.17, 15) is 13.6 Å². The third kappa shape index (κ3) is 4.76. The summed E-state index contributed by atoms with van der Waals surface area (Å²) in [6.45, 7) is -0.0392. The van der Waals surface area contributed by atoms with Crippen LogP contribution in [0.3, 0.4) is 0 Å². The second kappa shape index (κ2) is 8.23. The number of aromatic carboxylic acids is 1. The average molecular weight is 367 g/mol. The predicted molar refractivity (Wildman–Crippen MR) is 97.3 cm³/mol. The summed E-state index contributed by atoms with van der Waals surface area (Å²) in [6.07, 6.45) is 4.76. The number of halogens is 2. The summed E-state index contributed by atoms with van der Waals surface area (Å²) in [4.78, 5) is 14.9. The molecule has 0 radical (unpaired) electrons. The van der Waals surface area contributed by atoms with Gasteiger partial charge < -0.3 is 9.84 Å². The van der Waals surface area contributed by atoms with Crippen LogP contribution in [-0.2, 0) is 6.61 Å². The molecule has 0 aliphatic heterocycles. The van der Waals surface area contributed by atoms with Crippen molar-refractivity contribution in [3.05, 3.63) is 94.8 Å². The first-order valence-electron chi connectivity index (χ1n) is 8.06. The Bertz CT molecular complexity index is 985. The maximum atomic E-state index is 13.7. The molecule has 0 spiro atoms. The lowest BCUT2D eigenvalue weighted by atomic mass is 10.1. The Morgan fingerprint density at radius 3 is 2.59 bits per heavy atom. The molecule has 27 heavy (non-hydrogen) atoms. The Morgan fingerprint density at radius 1 is 1.07 bits per heavy atom. The zero-order valence-electron chi connectivity index (χ0n) is 14.1. The highest BCUT2D eigenvalue weighted by molar-refractivity contribution is 5.87. The lowest BCUT2D eigenvalue weighted by Gasteiger charge is -2.10. The van der Waals surface area contributed by atoms with Crippen LogP contribution in [0.25, 0.3) is 12.2 Å². The molecule has 2 aromatic carbocycles. The number of pyridine rings is 1. The number of hydrogen-bond donors (Lipinski definition) is 1. The number of carboxylic acid groups (broad SMARTS) is 1. The first-order valence-corrected chi connectivity index (χ1v) is 8.06. The van der Waals surface area contributed by atoms with Crippen LogP contribution >= 0.6 is 0 Å². The van der Waals surface area contributed by atoms with Crippen molar-refractivity contribution < 1.29 is 23.4 Å². The van der Waals surface area contributed by atoms with Gasteiger partial charge in [0.2, 0.25) is 0 Å². The van der Waals surface area contributed by atoms with Crippen LogP contribution in [0.1, 0.15) is 27.2 Å². The molecule has 1 N–H and O–H groups in total. The lowest BCUT2D eigenvalue weighted by molar-refractivity contribution is 0.0696. The van der Waals surface area contributed by atoms with Crippen molar-refractivity contribution >= 4 is 18.1 Å². The Kier molecular flexibility index (Phi) is 5.56. The van der Waals surface area contributed by atoms with Gasteiger partial charge in [-0.25, -0.2) is 13.6 Å². The van der Waals surface area contributed by atoms with Crippen LogP contribution in [0.5, 0.6) is 5.75 Å². The van der Waals surface area contributed by atoms with E-state index in [2.05, 4.69) is 4.98 Å².